The van der Waals surface area contributed by atoms with Gasteiger partial charge in [-0.25, -0.2) is 55.9 Å². The Morgan fingerprint density at radius 2 is 0.550 bits per heavy atom. The molecule has 0 aliphatic rings. The van der Waals surface area contributed by atoms with Crippen LogP contribution in [0.3, 0.4) is 0 Å². The van der Waals surface area contributed by atoms with Gasteiger partial charge in [-0.3, -0.25) is 29.7 Å². The first-order valence-electron chi connectivity index (χ1n) is 22.7. The van der Waals surface area contributed by atoms with Gasteiger partial charge in [0.05, 0.1) is 99.7 Å². The fraction of sp³-hybridized carbons (Fsp3) is 0.280. The average Bonchev–Trinajstić information content (AvgIpc) is 3.37. The first kappa shape index (κ1) is 71.3. The second kappa shape index (κ2) is 34.6. The van der Waals surface area contributed by atoms with E-state index in [-0.39, 0.29) is 44.4 Å². The van der Waals surface area contributed by atoms with Gasteiger partial charge in [0.2, 0.25) is 0 Å². The number of pyridine rings is 4. The van der Waals surface area contributed by atoms with Crippen molar-refractivity contribution in [2.45, 2.75) is 26.2 Å². The van der Waals surface area contributed by atoms with Crippen LogP contribution in [0.15, 0.2) is 121 Å². The maximum atomic E-state index is 8.49. The normalized spacial score (nSPS) is 11.3. The molecule has 422 valence electrons. The monoisotopic (exact) mass is 1270 g/mol. The van der Waals surface area contributed by atoms with Gasteiger partial charge in [0.15, 0.2) is 0 Å². The van der Waals surface area contributed by atoms with Crippen LogP contribution in [0.2, 0.25) is 0 Å². The van der Waals surface area contributed by atoms with E-state index in [1.165, 1.54) is 0 Å². The van der Waals surface area contributed by atoms with Crippen LogP contribution in [-0.2, 0) is 74.6 Å². The average molecular weight is 1280 g/mol. The van der Waals surface area contributed by atoms with Crippen LogP contribution in [0.5, 0.6) is 23.0 Å². The predicted octanol–water partition coefficient (Wildman–Crippen LogP) is -5.80. The van der Waals surface area contributed by atoms with Crippen LogP contribution in [-0.4, -0.2) is 103 Å². The van der Waals surface area contributed by atoms with Gasteiger partial charge >= 0.3 is 39.0 Å². The fourth-order valence-electron chi connectivity index (χ4n) is 7.50. The first-order valence-corrected chi connectivity index (χ1v) is 26.4. The van der Waals surface area contributed by atoms with E-state index < -0.39 is 30.7 Å². The Hall–Kier alpha value is -4.84. The Balaban J connectivity index is 0.00000108. The number of fused-ring (bicyclic) bond motifs is 4. The maximum absolute atomic E-state index is 8.49. The van der Waals surface area contributed by atoms with Crippen molar-refractivity contribution in [1.82, 2.24) is 29.7 Å². The number of aromatic nitrogens is 4. The minimum absolute atomic E-state index is 0. The molecule has 80 heavy (non-hydrogen) atoms. The minimum Gasteiger partial charge on any atom is -0.870 e. The summed E-state index contributed by atoms with van der Waals surface area (Å²) in [4.78, 5) is 24.5. The summed E-state index contributed by atoms with van der Waals surface area (Å²) in [7, 11) is -8.13. The molecule has 0 bridgehead atoms. The third-order valence-electron chi connectivity index (χ3n) is 10.8. The van der Waals surface area contributed by atoms with E-state index in [9.17, 15) is 0 Å². The van der Waals surface area contributed by atoms with Gasteiger partial charge in [-0.05, 0) is 97.1 Å². The number of hydrogen-bond donors (Lipinski definition) is 0. The van der Waals surface area contributed by atoms with Gasteiger partial charge < -0.3 is 33.9 Å². The van der Waals surface area contributed by atoms with E-state index >= 15 is 0 Å². The minimum atomic E-state index is -4.94. The van der Waals surface area contributed by atoms with Crippen molar-refractivity contribution in [2.24, 2.45) is 0 Å². The second-order valence-electron chi connectivity index (χ2n) is 16.2. The number of rotatable bonds is 21. The summed E-state index contributed by atoms with van der Waals surface area (Å²) < 4.78 is 136. The van der Waals surface area contributed by atoms with Crippen LogP contribution >= 0.6 is 0 Å². The quantitative estimate of drug-likeness (QED) is 0.0478. The molecule has 0 saturated carbocycles. The molecule has 0 unspecified atom stereocenters. The molecule has 1 N–H and O–H groups in total. The molecular weight excluding hydrogens is 1230 g/mol. The van der Waals surface area contributed by atoms with E-state index in [1.807, 2.05) is 72.8 Å². The van der Waals surface area contributed by atoms with E-state index in [4.69, 9.17) is 104 Å². The molecule has 0 aliphatic heterocycles. The summed E-state index contributed by atoms with van der Waals surface area (Å²) in [6.07, 6.45) is 0. The zero-order valence-corrected chi connectivity index (χ0v) is 51.8. The van der Waals surface area contributed by atoms with Crippen LogP contribution in [0.25, 0.3) is 43.6 Å². The molecule has 0 atom stereocenters. The molecule has 0 radical (unpaired) electrons. The zero-order valence-electron chi connectivity index (χ0n) is 43.6. The van der Waals surface area contributed by atoms with Crippen molar-refractivity contribution in [3.63, 3.8) is 0 Å². The molecule has 0 fully saturated rings. The SMILES string of the molecule is COc1ccc2nc(CN(CCOCCOCCN(Cc3ccc4cc(OC)ccc4n3)Cc3ccc4cc(OC)ccc4n3)Cc3ccc4cc(OC)ccc4n3)ccc2c1.[O-][Cl+3]([O-])([O-])[O-].[O-][Cl+3]([O-])([O-])[O-].[O-][Cl+3]([O-])([O-])[O-].[OH-].[Zn+2].[Zn+2]. The van der Waals surface area contributed by atoms with Crippen LogP contribution in [0, 0.1) is 30.7 Å². The van der Waals surface area contributed by atoms with E-state index in [2.05, 4.69) is 58.3 Å². The summed E-state index contributed by atoms with van der Waals surface area (Å²) in [6, 6.07) is 40.5. The summed E-state index contributed by atoms with van der Waals surface area (Å²) >= 11 is 0. The zero-order chi connectivity index (χ0) is 56.2. The van der Waals surface area contributed by atoms with E-state index in [1.54, 1.807) is 28.4 Å². The van der Waals surface area contributed by atoms with Crippen LogP contribution in [0.4, 0.5) is 0 Å². The molecule has 0 saturated heterocycles. The Bertz CT molecular complexity index is 2720. The Morgan fingerprint density at radius 3 is 0.750 bits per heavy atom. The standard InChI is InChI=1S/C50H52N6O6.3ClHO4.H2O.2Zn/c1-57-43-13-17-47-35(27-43)5-9-39(51-47)31-55(32-40-10-6-36-28-44(58-2)14-18-48(36)52-40)21-23-61-25-26-62-24-22-56(33-41-11-7-37-29-45(59-3)15-19-49(37)53-41)34-42-12-8-38-30-46(60-4)16-20-50(38)54-42;3*2-1(3,4)5;;;/h5-20,27-30H,21-26,31-34H2,1-4H3;3*(H,2,3,4,5);1H2;;/q;;;;;2*+2/p-4. The van der Waals surface area contributed by atoms with Gasteiger partial charge in [-0.1, -0.05) is 24.3 Å². The Labute approximate surface area is 491 Å². The number of halogens is 3. The van der Waals surface area contributed by atoms with E-state index in [0.29, 0.717) is 65.7 Å². The van der Waals surface area contributed by atoms with Gasteiger partial charge in [0.1, 0.15) is 23.0 Å². The molecule has 30 heteroatoms. The van der Waals surface area contributed by atoms with Crippen molar-refractivity contribution < 1.29 is 159 Å². The summed E-state index contributed by atoms with van der Waals surface area (Å²) in [5.41, 5.74) is 7.60. The third kappa shape index (κ3) is 27.3. The van der Waals surface area contributed by atoms with Crippen molar-refractivity contribution in [3.8, 4) is 23.0 Å². The summed E-state index contributed by atoms with van der Waals surface area (Å²) in [5, 5.41) is 4.15. The molecule has 8 aromatic rings. The largest absolute Gasteiger partial charge is 2.00 e. The number of nitrogens with zero attached hydrogens (tertiary/aromatic N) is 6. The van der Waals surface area contributed by atoms with E-state index in [0.717, 1.165) is 89.4 Å². The van der Waals surface area contributed by atoms with Crippen molar-refractivity contribution in [2.75, 3.05) is 68.0 Å². The fourth-order valence-corrected chi connectivity index (χ4v) is 7.50. The molecule has 4 aromatic carbocycles. The molecule has 0 amide bonds. The number of ether oxygens (including phenoxy) is 6. The third-order valence-corrected chi connectivity index (χ3v) is 10.8. The van der Waals surface area contributed by atoms with Crippen LogP contribution in [0.1, 0.15) is 22.8 Å². The molecule has 0 aliphatic carbocycles. The first-order chi connectivity index (χ1) is 36.4. The molecule has 25 nitrogen and oxygen atoms in total. The van der Waals surface area contributed by atoms with Crippen molar-refractivity contribution >= 4 is 43.6 Å². The summed E-state index contributed by atoms with van der Waals surface area (Å²) in [6.45, 7) is 5.96. The van der Waals surface area contributed by atoms with Crippen LogP contribution < -0.4 is 74.9 Å². The maximum Gasteiger partial charge on any atom is 2.00 e. The Kier molecular flexibility index (Phi) is 30.8. The molecule has 0 spiro atoms. The van der Waals surface area contributed by atoms with Crippen molar-refractivity contribution in [1.29, 1.82) is 0 Å². The number of methoxy groups -OCH3 is 4. The molecule has 8 rings (SSSR count). The van der Waals surface area contributed by atoms with Gasteiger partial charge in [0.25, 0.3) is 0 Å². The number of hydrogen-bond acceptors (Lipinski definition) is 25. The Morgan fingerprint density at radius 1 is 0.338 bits per heavy atom. The van der Waals surface area contributed by atoms with Gasteiger partial charge in [-0.15, -0.1) is 30.7 Å². The number of benzene rings is 4. The predicted molar refractivity (Wildman–Crippen MR) is 245 cm³/mol. The molecule has 4 heterocycles. The van der Waals surface area contributed by atoms with Crippen molar-refractivity contribution in [3.05, 3.63) is 144 Å². The van der Waals surface area contributed by atoms with Gasteiger partial charge in [-0.2, -0.15) is 0 Å². The van der Waals surface area contributed by atoms with Gasteiger partial charge in [0, 0.05) is 60.8 Å². The molecular formula is C50H53Cl3N6O19Zn2. The smallest absolute Gasteiger partial charge is 0.870 e. The summed E-state index contributed by atoms with van der Waals surface area (Å²) in [5.74, 6) is 3.25. The molecule has 4 aromatic heterocycles. The second-order valence-corrected chi connectivity index (χ2v) is 18.5. The topological polar surface area (TPSA) is 420 Å².